The van der Waals surface area contributed by atoms with Gasteiger partial charge in [0.15, 0.2) is 11.5 Å². The number of rotatable bonds is 4. The lowest BCUT2D eigenvalue weighted by Crippen LogP contribution is -2.55. The molecule has 2 rings (SSSR count). The SMILES string of the molecule is COc1c(C(N)=O)cc(O)c([C@@H]2O[C@H](CO)[C@@H](O)[C@H](O)[C@H]2O)c1O. The van der Waals surface area contributed by atoms with Crippen molar-refractivity contribution in [3.63, 3.8) is 0 Å². The highest BCUT2D eigenvalue weighted by atomic mass is 16.5. The van der Waals surface area contributed by atoms with Gasteiger partial charge in [0.05, 0.1) is 24.8 Å². The van der Waals surface area contributed by atoms with Crippen LogP contribution in [0.15, 0.2) is 6.07 Å². The first-order valence-electron chi connectivity index (χ1n) is 6.97. The fourth-order valence-corrected chi connectivity index (χ4v) is 2.66. The molecule has 1 fully saturated rings. The van der Waals surface area contributed by atoms with Gasteiger partial charge >= 0.3 is 0 Å². The number of aromatic hydroxyl groups is 2. The average Bonchev–Trinajstić information content (AvgIpc) is 2.54. The van der Waals surface area contributed by atoms with Gasteiger partial charge in [-0.25, -0.2) is 0 Å². The van der Waals surface area contributed by atoms with Gasteiger partial charge in [0.25, 0.3) is 5.91 Å². The van der Waals surface area contributed by atoms with Crippen LogP contribution in [0.25, 0.3) is 0 Å². The number of amides is 1. The van der Waals surface area contributed by atoms with Crippen molar-refractivity contribution in [1.82, 2.24) is 0 Å². The number of phenolic OH excluding ortho intramolecular Hbond substituents is 2. The summed E-state index contributed by atoms with van der Waals surface area (Å²) in [5.74, 6) is -2.70. The summed E-state index contributed by atoms with van der Waals surface area (Å²) in [7, 11) is 1.15. The highest BCUT2D eigenvalue weighted by Gasteiger charge is 2.46. The summed E-state index contributed by atoms with van der Waals surface area (Å²) < 4.78 is 10.2. The molecular formula is C14H19NO9. The van der Waals surface area contributed by atoms with Crippen LogP contribution in [0, 0.1) is 0 Å². The first-order chi connectivity index (χ1) is 11.2. The number of benzene rings is 1. The number of ether oxygens (including phenoxy) is 2. The summed E-state index contributed by atoms with van der Waals surface area (Å²) in [5.41, 5.74) is 4.45. The minimum atomic E-state index is -1.73. The molecule has 1 aliphatic rings. The smallest absolute Gasteiger partial charge is 0.252 e. The maximum Gasteiger partial charge on any atom is 0.252 e. The summed E-state index contributed by atoms with van der Waals surface area (Å²) in [6.07, 6.45) is -7.78. The minimum absolute atomic E-state index is 0.305. The van der Waals surface area contributed by atoms with Crippen molar-refractivity contribution in [1.29, 1.82) is 0 Å². The standard InChI is InChI=1S/C14H19NO9/c1-23-12-4(14(15)22)2-5(17)7(9(12)19)13-11(21)10(20)8(18)6(3-16)24-13/h2,6,8,10-11,13,16-21H,3H2,1H3,(H2,15,22)/t6-,8-,10+,11-,13+/m1/s1. The Morgan fingerprint density at radius 2 is 1.88 bits per heavy atom. The average molecular weight is 345 g/mol. The number of phenols is 2. The van der Waals surface area contributed by atoms with Crippen LogP contribution in [-0.4, -0.2) is 74.7 Å². The van der Waals surface area contributed by atoms with Crippen molar-refractivity contribution in [2.45, 2.75) is 30.5 Å². The molecule has 1 amide bonds. The molecule has 10 nitrogen and oxygen atoms in total. The van der Waals surface area contributed by atoms with Crippen molar-refractivity contribution in [2.75, 3.05) is 13.7 Å². The number of nitrogens with two attached hydrogens (primary N) is 1. The highest BCUT2D eigenvalue weighted by Crippen LogP contribution is 2.46. The van der Waals surface area contributed by atoms with E-state index in [0.29, 0.717) is 0 Å². The molecule has 0 spiro atoms. The van der Waals surface area contributed by atoms with Crippen LogP contribution in [0.4, 0.5) is 0 Å². The number of primary amides is 1. The zero-order valence-corrected chi connectivity index (χ0v) is 12.7. The molecule has 0 unspecified atom stereocenters. The van der Waals surface area contributed by atoms with Crippen LogP contribution >= 0.6 is 0 Å². The van der Waals surface area contributed by atoms with Crippen LogP contribution in [0.1, 0.15) is 22.0 Å². The van der Waals surface area contributed by atoms with Crippen LogP contribution in [0.5, 0.6) is 17.2 Å². The van der Waals surface area contributed by atoms with Crippen LogP contribution < -0.4 is 10.5 Å². The molecule has 24 heavy (non-hydrogen) atoms. The van der Waals surface area contributed by atoms with Gasteiger partial charge in [-0.1, -0.05) is 0 Å². The van der Waals surface area contributed by atoms with E-state index < -0.39 is 54.5 Å². The van der Waals surface area contributed by atoms with Crippen LogP contribution in [0.2, 0.25) is 0 Å². The topological polar surface area (TPSA) is 183 Å². The van der Waals surface area contributed by atoms with E-state index in [-0.39, 0.29) is 16.9 Å². The maximum absolute atomic E-state index is 11.4. The van der Waals surface area contributed by atoms with E-state index in [2.05, 4.69) is 0 Å². The molecular weight excluding hydrogens is 326 g/mol. The largest absolute Gasteiger partial charge is 0.507 e. The normalized spacial score (nSPS) is 30.1. The molecule has 134 valence electrons. The Morgan fingerprint density at radius 1 is 1.25 bits per heavy atom. The third kappa shape index (κ3) is 2.85. The Hall–Kier alpha value is -2.11. The number of methoxy groups -OCH3 is 1. The summed E-state index contributed by atoms with van der Waals surface area (Å²) in [5, 5.41) is 59.3. The molecule has 5 atom stereocenters. The van der Waals surface area contributed by atoms with Gasteiger partial charge in [-0.05, 0) is 6.07 Å². The van der Waals surface area contributed by atoms with Crippen molar-refractivity contribution < 1.29 is 44.9 Å². The van der Waals surface area contributed by atoms with E-state index >= 15 is 0 Å². The lowest BCUT2D eigenvalue weighted by molar-refractivity contribution is -0.232. The Labute approximate surface area is 136 Å². The molecule has 10 heteroatoms. The quantitative estimate of drug-likeness (QED) is 0.316. The number of hydrogen-bond donors (Lipinski definition) is 7. The number of aliphatic hydroxyl groups excluding tert-OH is 4. The second-order valence-corrected chi connectivity index (χ2v) is 5.35. The van der Waals surface area contributed by atoms with Gasteiger partial charge in [0.1, 0.15) is 36.3 Å². The van der Waals surface area contributed by atoms with E-state index in [1.807, 2.05) is 0 Å². The van der Waals surface area contributed by atoms with E-state index in [1.165, 1.54) is 0 Å². The van der Waals surface area contributed by atoms with Gasteiger partial charge in [-0.2, -0.15) is 0 Å². The van der Waals surface area contributed by atoms with Gasteiger partial charge in [0, 0.05) is 0 Å². The van der Waals surface area contributed by atoms with Crippen molar-refractivity contribution in [2.24, 2.45) is 5.73 Å². The third-order valence-corrected chi connectivity index (χ3v) is 3.92. The van der Waals surface area contributed by atoms with Crippen molar-refractivity contribution in [3.05, 3.63) is 17.2 Å². The fraction of sp³-hybridized carbons (Fsp3) is 0.500. The predicted molar refractivity (Wildman–Crippen MR) is 77.6 cm³/mol. The summed E-state index contributed by atoms with van der Waals surface area (Å²) >= 11 is 0. The highest BCUT2D eigenvalue weighted by molar-refractivity contribution is 5.97. The summed E-state index contributed by atoms with van der Waals surface area (Å²) in [6, 6.07) is 0.914. The number of carbonyl (C=O) groups is 1. The van der Waals surface area contributed by atoms with Gasteiger partial charge < -0.3 is 45.8 Å². The zero-order chi connectivity index (χ0) is 18.2. The number of aliphatic hydroxyl groups is 4. The second-order valence-electron chi connectivity index (χ2n) is 5.35. The lowest BCUT2D eigenvalue weighted by atomic mass is 9.89. The van der Waals surface area contributed by atoms with E-state index in [4.69, 9.17) is 15.2 Å². The predicted octanol–water partition coefficient (Wildman–Crippen LogP) is -2.28. The Morgan fingerprint density at radius 3 is 2.38 bits per heavy atom. The molecule has 1 heterocycles. The maximum atomic E-state index is 11.4. The minimum Gasteiger partial charge on any atom is -0.507 e. The van der Waals surface area contributed by atoms with Gasteiger partial charge in [-0.3, -0.25) is 4.79 Å². The Balaban J connectivity index is 2.57. The van der Waals surface area contributed by atoms with Crippen molar-refractivity contribution >= 4 is 5.91 Å². The third-order valence-electron chi connectivity index (χ3n) is 3.92. The van der Waals surface area contributed by atoms with Gasteiger partial charge in [0.2, 0.25) is 0 Å². The molecule has 1 saturated heterocycles. The van der Waals surface area contributed by atoms with Crippen LogP contribution in [-0.2, 0) is 4.74 Å². The summed E-state index contributed by atoms with van der Waals surface area (Å²) in [6.45, 7) is -0.681. The Kier molecular flexibility index (Phi) is 5.16. The lowest BCUT2D eigenvalue weighted by Gasteiger charge is -2.40. The molecule has 8 N–H and O–H groups in total. The molecule has 1 aromatic carbocycles. The molecule has 0 radical (unpaired) electrons. The number of hydrogen-bond acceptors (Lipinski definition) is 9. The molecule has 1 aromatic rings. The van der Waals surface area contributed by atoms with E-state index in [0.717, 1.165) is 13.2 Å². The number of carbonyl (C=O) groups excluding carboxylic acids is 1. The zero-order valence-electron chi connectivity index (χ0n) is 12.7. The molecule has 0 aliphatic carbocycles. The second kappa shape index (κ2) is 6.79. The summed E-state index contributed by atoms with van der Waals surface area (Å²) in [4.78, 5) is 11.4. The first-order valence-corrected chi connectivity index (χ1v) is 6.97. The van der Waals surface area contributed by atoms with Crippen molar-refractivity contribution in [3.8, 4) is 17.2 Å². The molecule has 0 saturated carbocycles. The van der Waals surface area contributed by atoms with Crippen LogP contribution in [0.3, 0.4) is 0 Å². The Bertz CT molecular complexity index is 633. The fourth-order valence-electron chi connectivity index (χ4n) is 2.66. The van der Waals surface area contributed by atoms with E-state index in [9.17, 15) is 35.4 Å². The van der Waals surface area contributed by atoms with E-state index in [1.54, 1.807) is 0 Å². The van der Waals surface area contributed by atoms with Gasteiger partial charge in [-0.15, -0.1) is 0 Å². The monoisotopic (exact) mass is 345 g/mol. The first kappa shape index (κ1) is 18.2. The molecule has 0 aromatic heterocycles. The molecule has 1 aliphatic heterocycles. The molecule has 0 bridgehead atoms.